The highest BCUT2D eigenvalue weighted by molar-refractivity contribution is 7.99. The lowest BCUT2D eigenvalue weighted by Gasteiger charge is -2.10. The first-order valence-corrected chi connectivity index (χ1v) is 5.93. The van der Waals surface area contributed by atoms with E-state index in [1.807, 2.05) is 20.2 Å². The van der Waals surface area contributed by atoms with E-state index >= 15 is 0 Å². The molecule has 1 aromatic heterocycles. The number of hydrogen-bond acceptors (Lipinski definition) is 4. The van der Waals surface area contributed by atoms with Gasteiger partial charge in [0.1, 0.15) is 0 Å². The van der Waals surface area contributed by atoms with E-state index in [1.165, 1.54) is 11.1 Å². The molecule has 0 bridgehead atoms. The van der Waals surface area contributed by atoms with Gasteiger partial charge in [0, 0.05) is 18.0 Å². The summed E-state index contributed by atoms with van der Waals surface area (Å²) in [7, 11) is 1.92. The van der Waals surface area contributed by atoms with Gasteiger partial charge in [0.15, 0.2) is 0 Å². The molecule has 0 aliphatic carbocycles. The molecular weight excluding hydrogens is 208 g/mol. The van der Waals surface area contributed by atoms with E-state index < -0.39 is 0 Å². The maximum absolute atomic E-state index is 8.97. The molecule has 1 aromatic rings. The molecular formula is C11H18N2OS. The fraction of sp³-hybridized carbons (Fsp3) is 0.545. The Kier molecular flexibility index (Phi) is 5.08. The number of aliphatic hydroxyl groups is 1. The molecule has 1 atom stereocenters. The minimum Gasteiger partial charge on any atom is -0.395 e. The van der Waals surface area contributed by atoms with E-state index in [4.69, 9.17) is 5.11 Å². The fourth-order valence-electron chi connectivity index (χ4n) is 1.27. The van der Waals surface area contributed by atoms with Crippen molar-refractivity contribution in [2.75, 3.05) is 13.7 Å². The predicted octanol–water partition coefficient (Wildman–Crippen LogP) is 1.58. The number of aromatic nitrogens is 1. The summed E-state index contributed by atoms with van der Waals surface area (Å²) in [5.41, 5.74) is 2.36. The molecule has 0 radical (unpaired) electrons. The summed E-state index contributed by atoms with van der Waals surface area (Å²) in [5, 5.41) is 13.3. The van der Waals surface area contributed by atoms with Crippen LogP contribution < -0.4 is 5.32 Å². The average Bonchev–Trinajstić information content (AvgIpc) is 2.22. The van der Waals surface area contributed by atoms with Crippen LogP contribution in [0, 0.1) is 6.92 Å². The Labute approximate surface area is 95.3 Å². The van der Waals surface area contributed by atoms with Crippen LogP contribution in [0.5, 0.6) is 0 Å². The minimum atomic E-state index is 0.185. The van der Waals surface area contributed by atoms with E-state index in [2.05, 4.69) is 23.3 Å². The summed E-state index contributed by atoms with van der Waals surface area (Å²) in [6, 6.07) is 2.13. The number of hydrogen-bond donors (Lipinski definition) is 2. The summed E-state index contributed by atoms with van der Waals surface area (Å²) < 4.78 is 0. The van der Waals surface area contributed by atoms with Gasteiger partial charge in [0.2, 0.25) is 0 Å². The third-order valence-electron chi connectivity index (χ3n) is 2.04. The van der Waals surface area contributed by atoms with Gasteiger partial charge in [0.25, 0.3) is 0 Å². The number of pyridine rings is 1. The Bertz CT molecular complexity index is 317. The largest absolute Gasteiger partial charge is 0.395 e. The van der Waals surface area contributed by atoms with Gasteiger partial charge in [-0.15, -0.1) is 11.8 Å². The molecule has 2 N–H and O–H groups in total. The molecule has 0 aliphatic heterocycles. The zero-order valence-corrected chi connectivity index (χ0v) is 10.3. The van der Waals surface area contributed by atoms with Crippen molar-refractivity contribution in [3.05, 3.63) is 23.4 Å². The van der Waals surface area contributed by atoms with E-state index in [1.54, 1.807) is 11.8 Å². The lowest BCUT2D eigenvalue weighted by molar-refractivity contribution is 0.300. The summed E-state index contributed by atoms with van der Waals surface area (Å²) >= 11 is 1.62. The molecule has 0 spiro atoms. The van der Waals surface area contributed by atoms with E-state index in [-0.39, 0.29) is 11.9 Å². The lowest BCUT2D eigenvalue weighted by Crippen LogP contribution is -2.07. The topological polar surface area (TPSA) is 45.2 Å². The minimum absolute atomic E-state index is 0.185. The van der Waals surface area contributed by atoms with Crippen molar-refractivity contribution >= 4 is 11.8 Å². The van der Waals surface area contributed by atoms with Crippen LogP contribution in [-0.2, 0) is 6.54 Å². The van der Waals surface area contributed by atoms with Crippen molar-refractivity contribution in [3.63, 3.8) is 0 Å². The van der Waals surface area contributed by atoms with Gasteiger partial charge in [-0.1, -0.05) is 13.0 Å². The van der Waals surface area contributed by atoms with Gasteiger partial charge < -0.3 is 10.4 Å². The van der Waals surface area contributed by atoms with Crippen molar-refractivity contribution in [2.45, 2.75) is 30.7 Å². The summed E-state index contributed by atoms with van der Waals surface area (Å²) in [5.74, 6) is 0. The van der Waals surface area contributed by atoms with Gasteiger partial charge in [-0.05, 0) is 25.1 Å². The van der Waals surface area contributed by atoms with Crippen molar-refractivity contribution in [2.24, 2.45) is 0 Å². The van der Waals surface area contributed by atoms with E-state index in [9.17, 15) is 0 Å². The van der Waals surface area contributed by atoms with Crippen LogP contribution in [0.15, 0.2) is 17.3 Å². The van der Waals surface area contributed by atoms with Gasteiger partial charge >= 0.3 is 0 Å². The molecule has 0 aromatic carbocycles. The number of aryl methyl sites for hydroxylation is 1. The zero-order valence-electron chi connectivity index (χ0n) is 9.45. The van der Waals surface area contributed by atoms with Crippen molar-refractivity contribution in [1.29, 1.82) is 0 Å². The van der Waals surface area contributed by atoms with Crippen LogP contribution in [0.1, 0.15) is 18.1 Å². The zero-order chi connectivity index (χ0) is 11.3. The molecule has 3 nitrogen and oxygen atoms in total. The normalized spacial score (nSPS) is 12.8. The first-order valence-electron chi connectivity index (χ1n) is 5.05. The lowest BCUT2D eigenvalue weighted by atomic mass is 10.2. The van der Waals surface area contributed by atoms with Gasteiger partial charge in [0.05, 0.1) is 11.6 Å². The summed E-state index contributed by atoms with van der Waals surface area (Å²) in [6.45, 7) is 5.07. The van der Waals surface area contributed by atoms with Crippen LogP contribution in [-0.4, -0.2) is 29.0 Å². The molecule has 4 heteroatoms. The Morgan fingerprint density at radius 1 is 1.60 bits per heavy atom. The second-order valence-electron chi connectivity index (χ2n) is 3.61. The van der Waals surface area contributed by atoms with Crippen LogP contribution >= 0.6 is 11.8 Å². The SMILES string of the molecule is CNCc1cnc(SC(C)CO)c(C)c1. The van der Waals surface area contributed by atoms with Crippen molar-refractivity contribution < 1.29 is 5.11 Å². The third-order valence-corrected chi connectivity index (χ3v) is 3.24. The highest BCUT2D eigenvalue weighted by atomic mass is 32.2. The standard InChI is InChI=1S/C11H18N2OS/c1-8-4-10(5-12-3)6-13-11(8)15-9(2)7-14/h4,6,9,12,14H,5,7H2,1-3H3. The second-order valence-corrected chi connectivity index (χ2v) is 5.03. The second kappa shape index (κ2) is 6.10. The average molecular weight is 226 g/mol. The molecule has 0 amide bonds. The molecule has 0 saturated carbocycles. The van der Waals surface area contributed by atoms with Gasteiger partial charge in [-0.2, -0.15) is 0 Å². The Balaban J connectivity index is 2.74. The maximum atomic E-state index is 8.97. The number of nitrogens with one attached hydrogen (secondary N) is 1. The Hall–Kier alpha value is -0.580. The Morgan fingerprint density at radius 2 is 2.33 bits per heavy atom. The van der Waals surface area contributed by atoms with E-state index in [0.29, 0.717) is 0 Å². The van der Waals surface area contributed by atoms with E-state index in [0.717, 1.165) is 11.6 Å². The van der Waals surface area contributed by atoms with Crippen LogP contribution in [0.3, 0.4) is 0 Å². The smallest absolute Gasteiger partial charge is 0.0992 e. The molecule has 0 aliphatic rings. The molecule has 0 fully saturated rings. The predicted molar refractivity (Wildman–Crippen MR) is 64.1 cm³/mol. The molecule has 15 heavy (non-hydrogen) atoms. The maximum Gasteiger partial charge on any atom is 0.0992 e. The Morgan fingerprint density at radius 3 is 2.87 bits per heavy atom. The number of thioether (sulfide) groups is 1. The quantitative estimate of drug-likeness (QED) is 0.748. The summed E-state index contributed by atoms with van der Waals surface area (Å²) in [4.78, 5) is 4.40. The number of rotatable bonds is 5. The summed E-state index contributed by atoms with van der Waals surface area (Å²) in [6.07, 6.45) is 1.88. The van der Waals surface area contributed by atoms with Gasteiger partial charge in [-0.3, -0.25) is 0 Å². The van der Waals surface area contributed by atoms with Crippen LogP contribution in [0.25, 0.3) is 0 Å². The molecule has 84 valence electrons. The molecule has 1 heterocycles. The molecule has 1 unspecified atom stereocenters. The first kappa shape index (κ1) is 12.5. The van der Waals surface area contributed by atoms with Crippen LogP contribution in [0.2, 0.25) is 0 Å². The van der Waals surface area contributed by atoms with Gasteiger partial charge in [-0.25, -0.2) is 4.98 Å². The highest BCUT2D eigenvalue weighted by Crippen LogP contribution is 2.24. The number of aliphatic hydroxyl groups excluding tert-OH is 1. The number of nitrogens with zero attached hydrogens (tertiary/aromatic N) is 1. The third kappa shape index (κ3) is 3.81. The molecule has 0 saturated heterocycles. The fourth-order valence-corrected chi connectivity index (χ4v) is 2.09. The van der Waals surface area contributed by atoms with Crippen molar-refractivity contribution in [3.8, 4) is 0 Å². The first-order chi connectivity index (χ1) is 7.17. The highest BCUT2D eigenvalue weighted by Gasteiger charge is 2.07. The molecule has 1 rings (SSSR count). The monoisotopic (exact) mass is 226 g/mol. The van der Waals surface area contributed by atoms with Crippen molar-refractivity contribution in [1.82, 2.24) is 10.3 Å². The van der Waals surface area contributed by atoms with Crippen LogP contribution in [0.4, 0.5) is 0 Å².